The second-order valence-corrected chi connectivity index (χ2v) is 10.5. The molecule has 0 saturated carbocycles. The van der Waals surface area contributed by atoms with E-state index in [2.05, 4.69) is 6.92 Å². The molecule has 0 aromatic rings. The van der Waals surface area contributed by atoms with Gasteiger partial charge in [0.05, 0.1) is 19.3 Å². The highest BCUT2D eigenvalue weighted by Gasteiger charge is 2.16. The fourth-order valence-corrected chi connectivity index (χ4v) is 4.36. The largest absolute Gasteiger partial charge is 0.462 e. The maximum absolute atomic E-state index is 12.0. The van der Waals surface area contributed by atoms with Gasteiger partial charge in [-0.1, -0.05) is 116 Å². The number of hydrogen-bond acceptors (Lipinski definition) is 7. The Morgan fingerprint density at radius 3 is 1.49 bits per heavy atom. The molecule has 0 aromatic carbocycles. The molecule has 37 heavy (non-hydrogen) atoms. The summed E-state index contributed by atoms with van der Waals surface area (Å²) in [7, 11) is 0. The Morgan fingerprint density at radius 2 is 1.03 bits per heavy atom. The topological polar surface area (TPSA) is 113 Å². The highest BCUT2D eigenvalue weighted by molar-refractivity contribution is 5.70. The summed E-state index contributed by atoms with van der Waals surface area (Å²) in [6.45, 7) is 1.65. The van der Waals surface area contributed by atoms with E-state index in [9.17, 15) is 19.8 Å². The summed E-state index contributed by atoms with van der Waals surface area (Å²) in [6, 6.07) is 0. The van der Waals surface area contributed by atoms with Crippen molar-refractivity contribution in [2.75, 3.05) is 19.8 Å². The lowest BCUT2D eigenvalue weighted by Gasteiger charge is -2.15. The first-order valence-electron chi connectivity index (χ1n) is 15.3. The van der Waals surface area contributed by atoms with E-state index >= 15 is 0 Å². The van der Waals surface area contributed by atoms with Crippen LogP contribution in [-0.2, 0) is 19.1 Å². The van der Waals surface area contributed by atoms with Crippen molar-refractivity contribution in [3.63, 3.8) is 0 Å². The zero-order valence-electron chi connectivity index (χ0n) is 23.8. The molecule has 0 aliphatic carbocycles. The predicted molar refractivity (Wildman–Crippen MR) is 148 cm³/mol. The van der Waals surface area contributed by atoms with E-state index in [0.717, 1.165) is 57.8 Å². The lowest BCUT2D eigenvalue weighted by molar-refractivity contribution is -0.161. The van der Waals surface area contributed by atoms with Gasteiger partial charge in [-0.3, -0.25) is 9.59 Å². The van der Waals surface area contributed by atoms with Gasteiger partial charge in [0.1, 0.15) is 6.61 Å². The Morgan fingerprint density at radius 1 is 0.595 bits per heavy atom. The Hall–Kier alpha value is -1.18. The normalized spacial score (nSPS) is 12.9. The van der Waals surface area contributed by atoms with E-state index in [1.807, 2.05) is 0 Å². The summed E-state index contributed by atoms with van der Waals surface area (Å²) < 4.78 is 10.5. The molecule has 0 bridgehead atoms. The number of rotatable bonds is 28. The molecule has 220 valence electrons. The first-order chi connectivity index (χ1) is 18.0. The third kappa shape index (κ3) is 26.2. The molecule has 2 atom stereocenters. The second-order valence-electron chi connectivity index (χ2n) is 10.5. The molecule has 0 saturated heterocycles. The quantitative estimate of drug-likeness (QED) is 0.0793. The van der Waals surface area contributed by atoms with Crippen LogP contribution in [0.2, 0.25) is 0 Å². The fraction of sp³-hybridized carbons (Fsp3) is 0.933. The number of unbranched alkanes of at least 4 members (excludes halogenated alkanes) is 17. The maximum Gasteiger partial charge on any atom is 0.306 e. The molecular formula is C30H58O7. The van der Waals surface area contributed by atoms with Crippen molar-refractivity contribution in [3.05, 3.63) is 0 Å². The third-order valence-corrected chi connectivity index (χ3v) is 6.80. The van der Waals surface area contributed by atoms with Gasteiger partial charge in [-0.05, 0) is 19.3 Å². The Kier molecular flexibility index (Phi) is 27.0. The molecule has 7 heteroatoms. The van der Waals surface area contributed by atoms with Gasteiger partial charge < -0.3 is 24.8 Å². The first-order valence-corrected chi connectivity index (χ1v) is 15.3. The maximum atomic E-state index is 12.0. The molecule has 0 radical (unpaired) electrons. The van der Waals surface area contributed by atoms with Crippen LogP contribution in [-0.4, -0.2) is 59.3 Å². The number of carbonyl (C=O) groups excluding carboxylic acids is 2. The van der Waals surface area contributed by atoms with Crippen molar-refractivity contribution in [1.29, 1.82) is 0 Å². The Balaban J connectivity index is 3.57. The average Bonchev–Trinajstić information content (AvgIpc) is 2.90. The van der Waals surface area contributed by atoms with Crippen molar-refractivity contribution in [3.8, 4) is 0 Å². The van der Waals surface area contributed by atoms with E-state index in [1.165, 1.54) is 64.2 Å². The SMILES string of the molecule is CCCCCCCCCCCC(=O)OCC(CO)OC(=O)CCCCCCCCCCCCC(O)CO. The summed E-state index contributed by atoms with van der Waals surface area (Å²) in [5.41, 5.74) is 0. The zero-order chi connectivity index (χ0) is 27.4. The minimum Gasteiger partial charge on any atom is -0.462 e. The van der Waals surface area contributed by atoms with Gasteiger partial charge in [-0.2, -0.15) is 0 Å². The molecule has 0 amide bonds. The van der Waals surface area contributed by atoms with E-state index in [0.29, 0.717) is 19.3 Å². The lowest BCUT2D eigenvalue weighted by Crippen LogP contribution is -2.28. The van der Waals surface area contributed by atoms with Crippen molar-refractivity contribution in [1.82, 2.24) is 0 Å². The molecule has 0 rings (SSSR count). The Labute approximate surface area is 226 Å². The van der Waals surface area contributed by atoms with Crippen LogP contribution in [0.15, 0.2) is 0 Å². The minimum absolute atomic E-state index is 0.0828. The number of aliphatic hydroxyl groups excluding tert-OH is 3. The summed E-state index contributed by atoms with van der Waals surface area (Å²) in [5, 5.41) is 27.5. The molecule has 3 N–H and O–H groups in total. The fourth-order valence-electron chi connectivity index (χ4n) is 4.36. The van der Waals surface area contributed by atoms with Crippen LogP contribution in [0.1, 0.15) is 148 Å². The number of carbonyl (C=O) groups is 2. The molecule has 0 aliphatic heterocycles. The van der Waals surface area contributed by atoms with Crippen LogP contribution in [0, 0.1) is 0 Å². The van der Waals surface area contributed by atoms with E-state index in [-0.39, 0.29) is 31.8 Å². The zero-order valence-corrected chi connectivity index (χ0v) is 23.8. The Bertz CT molecular complexity index is 512. The van der Waals surface area contributed by atoms with Crippen LogP contribution >= 0.6 is 0 Å². The van der Waals surface area contributed by atoms with Crippen LogP contribution < -0.4 is 0 Å². The molecule has 0 aromatic heterocycles. The molecule has 2 unspecified atom stereocenters. The number of aliphatic hydroxyl groups is 3. The van der Waals surface area contributed by atoms with Gasteiger partial charge in [0.25, 0.3) is 0 Å². The van der Waals surface area contributed by atoms with E-state index in [1.54, 1.807) is 0 Å². The smallest absolute Gasteiger partial charge is 0.306 e. The monoisotopic (exact) mass is 530 g/mol. The van der Waals surface area contributed by atoms with Gasteiger partial charge in [0, 0.05) is 12.8 Å². The van der Waals surface area contributed by atoms with Gasteiger partial charge in [0.2, 0.25) is 0 Å². The minimum atomic E-state index is -0.786. The number of esters is 2. The van der Waals surface area contributed by atoms with E-state index < -0.39 is 12.2 Å². The van der Waals surface area contributed by atoms with Crippen molar-refractivity contribution in [2.45, 2.75) is 160 Å². The first kappa shape index (κ1) is 35.8. The van der Waals surface area contributed by atoms with Crippen molar-refractivity contribution >= 4 is 11.9 Å². The lowest BCUT2D eigenvalue weighted by atomic mass is 10.0. The van der Waals surface area contributed by atoms with E-state index in [4.69, 9.17) is 14.6 Å². The summed E-state index contributed by atoms with van der Waals surface area (Å²) in [5.74, 6) is -0.640. The van der Waals surface area contributed by atoms with Gasteiger partial charge in [-0.25, -0.2) is 0 Å². The summed E-state index contributed by atoms with van der Waals surface area (Å²) >= 11 is 0. The van der Waals surface area contributed by atoms with Gasteiger partial charge in [0.15, 0.2) is 6.10 Å². The standard InChI is InChI=1S/C30H58O7/c1-2-3-4-5-6-9-13-16-19-22-29(34)36-26-28(25-32)37-30(35)23-20-17-14-11-8-7-10-12-15-18-21-27(33)24-31/h27-28,31-33H,2-26H2,1H3. The molecule has 0 heterocycles. The second kappa shape index (κ2) is 27.8. The van der Waals surface area contributed by atoms with Crippen molar-refractivity contribution < 1.29 is 34.4 Å². The summed E-state index contributed by atoms with van der Waals surface area (Å²) in [6.07, 6.45) is 21.6. The predicted octanol–water partition coefficient (Wildman–Crippen LogP) is 6.39. The molecular weight excluding hydrogens is 472 g/mol. The van der Waals surface area contributed by atoms with Crippen LogP contribution in [0.25, 0.3) is 0 Å². The highest BCUT2D eigenvalue weighted by Crippen LogP contribution is 2.14. The summed E-state index contributed by atoms with van der Waals surface area (Å²) in [4.78, 5) is 23.9. The molecule has 0 fully saturated rings. The van der Waals surface area contributed by atoms with Crippen molar-refractivity contribution in [2.24, 2.45) is 0 Å². The van der Waals surface area contributed by atoms with Gasteiger partial charge >= 0.3 is 11.9 Å². The van der Waals surface area contributed by atoms with Crippen LogP contribution in [0.5, 0.6) is 0 Å². The number of ether oxygens (including phenoxy) is 2. The third-order valence-electron chi connectivity index (χ3n) is 6.80. The molecule has 0 aliphatic rings. The van der Waals surface area contributed by atoms with Crippen LogP contribution in [0.3, 0.4) is 0 Å². The van der Waals surface area contributed by atoms with Gasteiger partial charge in [-0.15, -0.1) is 0 Å². The number of hydrogen-bond donors (Lipinski definition) is 3. The average molecular weight is 531 g/mol. The molecule has 0 spiro atoms. The molecule has 7 nitrogen and oxygen atoms in total. The van der Waals surface area contributed by atoms with Crippen LogP contribution in [0.4, 0.5) is 0 Å². The highest BCUT2D eigenvalue weighted by atomic mass is 16.6.